The zero-order chi connectivity index (χ0) is 23.2. The van der Waals surface area contributed by atoms with Gasteiger partial charge in [0.05, 0.1) is 0 Å². The van der Waals surface area contributed by atoms with Crippen molar-refractivity contribution in [2.24, 2.45) is 0 Å². The van der Waals surface area contributed by atoms with Crippen LogP contribution in [0.5, 0.6) is 0 Å². The van der Waals surface area contributed by atoms with Gasteiger partial charge in [0.2, 0.25) is 5.91 Å². The lowest BCUT2D eigenvalue weighted by atomic mass is 10.1. The van der Waals surface area contributed by atoms with Gasteiger partial charge in [-0.25, -0.2) is 0 Å². The molecule has 0 aliphatic carbocycles. The smallest absolute Gasteiger partial charge is 0.302 e. The van der Waals surface area contributed by atoms with Crippen molar-refractivity contribution in [3.63, 3.8) is 0 Å². The van der Waals surface area contributed by atoms with Gasteiger partial charge in [-0.2, -0.15) is 0 Å². The largest absolute Gasteiger partial charge is 0.465 e. The molecule has 0 bridgehead atoms. The zero-order valence-electron chi connectivity index (χ0n) is 20.7. The van der Waals surface area contributed by atoms with E-state index in [4.69, 9.17) is 4.74 Å². The first kappa shape index (κ1) is 35.1. The first-order valence-electron chi connectivity index (χ1n) is 10.5. The lowest BCUT2D eigenvalue weighted by molar-refractivity contribution is -0.140. The topological polar surface area (TPSA) is 49.9 Å². The van der Waals surface area contributed by atoms with Gasteiger partial charge in [0.15, 0.2) is 0 Å². The molecule has 1 amide bonds. The Morgan fingerprint density at radius 3 is 1.86 bits per heavy atom. The van der Waals surface area contributed by atoms with E-state index in [9.17, 15) is 9.59 Å². The van der Waals surface area contributed by atoms with Crippen LogP contribution in [0.1, 0.15) is 75.2 Å². The Hall–Kier alpha value is -0.400. The Morgan fingerprint density at radius 2 is 1.43 bits per heavy atom. The minimum atomic E-state index is -0.240. The van der Waals surface area contributed by atoms with E-state index in [1.807, 2.05) is 62.7 Å². The first-order valence-corrected chi connectivity index (χ1v) is 12.8. The molecule has 0 radical (unpaired) electrons. The van der Waals surface area contributed by atoms with Gasteiger partial charge in [0, 0.05) is 44.0 Å². The summed E-state index contributed by atoms with van der Waals surface area (Å²) >= 11 is 0. The predicted molar refractivity (Wildman–Crippen MR) is 130 cm³/mol. The number of hydrogen-bond donors (Lipinski definition) is 0. The number of likely N-dealkylation sites (N-methyl/N-ethyl adjacent to an activating group) is 2. The van der Waals surface area contributed by atoms with Crippen molar-refractivity contribution in [3.8, 4) is 0 Å². The Morgan fingerprint density at radius 1 is 0.929 bits per heavy atom. The molecule has 172 valence electrons. The van der Waals surface area contributed by atoms with Crippen LogP contribution in [-0.2, 0) is 14.3 Å². The molecule has 0 aromatic carbocycles. The monoisotopic (exact) mass is 440 g/mol. The normalized spacial score (nSPS) is 9.75. The number of carbonyl (C=O) groups excluding carboxylic acids is 2. The Labute approximate surface area is 184 Å². The van der Waals surface area contributed by atoms with Gasteiger partial charge in [-0.05, 0) is 34.4 Å². The Bertz CT molecular complexity index is 353. The van der Waals surface area contributed by atoms with Gasteiger partial charge in [0.1, 0.15) is 6.61 Å². The minimum absolute atomic E-state index is 0.0267. The first-order chi connectivity index (χ1) is 13.1. The molecule has 0 aliphatic rings. The van der Waals surface area contributed by atoms with Crippen LogP contribution in [0.15, 0.2) is 0 Å². The highest BCUT2D eigenvalue weighted by Gasteiger charge is 2.21. The van der Waals surface area contributed by atoms with Gasteiger partial charge in [0.25, 0.3) is 0 Å². The molecule has 0 spiro atoms. The zero-order valence-corrected chi connectivity index (χ0v) is 22.3. The highest BCUT2D eigenvalue weighted by Crippen LogP contribution is 2.38. The average Bonchev–Trinajstić information content (AvgIpc) is 2.68. The highest BCUT2D eigenvalue weighted by atomic mass is 33.1. The summed E-state index contributed by atoms with van der Waals surface area (Å²) in [7, 11) is 9.30. The van der Waals surface area contributed by atoms with E-state index in [-0.39, 0.29) is 16.6 Å². The maximum absolute atomic E-state index is 12.1. The summed E-state index contributed by atoms with van der Waals surface area (Å²) in [6, 6.07) is 0. The Balaban J connectivity index is -0.000000434. The molecule has 0 heterocycles. The van der Waals surface area contributed by atoms with Crippen LogP contribution in [0.25, 0.3) is 0 Å². The molecule has 28 heavy (non-hydrogen) atoms. The van der Waals surface area contributed by atoms with Crippen LogP contribution < -0.4 is 0 Å². The van der Waals surface area contributed by atoms with Crippen LogP contribution in [-0.4, -0.2) is 73.0 Å². The Kier molecular flexibility index (Phi) is 30.9. The van der Waals surface area contributed by atoms with Crippen LogP contribution in [0.3, 0.4) is 0 Å². The lowest BCUT2D eigenvalue weighted by Gasteiger charge is -2.25. The van der Waals surface area contributed by atoms with E-state index in [0.717, 1.165) is 25.3 Å². The van der Waals surface area contributed by atoms with Crippen molar-refractivity contribution in [2.75, 3.05) is 46.6 Å². The summed E-state index contributed by atoms with van der Waals surface area (Å²) in [5.74, 6) is 0.723. The van der Waals surface area contributed by atoms with Crippen LogP contribution >= 0.6 is 21.6 Å². The maximum Gasteiger partial charge on any atom is 0.302 e. The summed E-state index contributed by atoms with van der Waals surface area (Å²) in [6.07, 6.45) is 1.40. The second kappa shape index (κ2) is 24.6. The van der Waals surface area contributed by atoms with Crippen molar-refractivity contribution >= 4 is 33.5 Å². The fourth-order valence-electron chi connectivity index (χ4n) is 1.54. The fourth-order valence-corrected chi connectivity index (χ4v) is 3.94. The molecular weight excluding hydrogens is 392 g/mol. The summed E-state index contributed by atoms with van der Waals surface area (Å²) in [5.41, 5.74) is 0. The molecule has 7 heteroatoms. The molecule has 0 saturated carbocycles. The second-order valence-electron chi connectivity index (χ2n) is 6.12. The number of nitrogens with zero attached hydrogens (tertiary/aromatic N) is 2. The standard InChI is InChI=1S/C15H30N2O3S2.3C2H6/c1-13(18)20-11-12-21-22-15(2,3)8-7-14(19)17(6)10-9-16(4)5;3*1-2/h7-12H2,1-6H3;3*1-2H3. The molecule has 0 saturated heterocycles. The van der Waals surface area contributed by atoms with E-state index in [0.29, 0.717) is 13.0 Å². The molecule has 0 rings (SSSR count). The number of carbonyl (C=O) groups is 2. The van der Waals surface area contributed by atoms with E-state index in [1.54, 1.807) is 26.5 Å². The number of hydrogen-bond acceptors (Lipinski definition) is 6. The maximum atomic E-state index is 12.1. The molecule has 0 aromatic heterocycles. The molecule has 0 aromatic rings. The third-order valence-corrected chi connectivity index (χ3v) is 6.32. The fraction of sp³-hybridized carbons (Fsp3) is 0.905. The highest BCUT2D eigenvalue weighted by molar-refractivity contribution is 8.77. The summed E-state index contributed by atoms with van der Waals surface area (Å²) in [6.45, 7) is 19.8. The van der Waals surface area contributed by atoms with E-state index >= 15 is 0 Å². The number of amides is 1. The van der Waals surface area contributed by atoms with Crippen molar-refractivity contribution in [1.82, 2.24) is 9.80 Å². The molecule has 5 nitrogen and oxygen atoms in total. The van der Waals surface area contributed by atoms with E-state index < -0.39 is 0 Å². The second-order valence-corrected chi connectivity index (χ2v) is 9.25. The molecule has 0 unspecified atom stereocenters. The summed E-state index contributed by atoms with van der Waals surface area (Å²) in [5, 5.41) is 0. The lowest BCUT2D eigenvalue weighted by Crippen LogP contribution is -2.34. The molecular formula is C21H48N2O3S2. The summed E-state index contributed by atoms with van der Waals surface area (Å²) in [4.78, 5) is 26.6. The van der Waals surface area contributed by atoms with E-state index in [2.05, 4.69) is 18.7 Å². The SMILES string of the molecule is CC.CC.CC.CC(=O)OCCSSC(C)(C)CCC(=O)N(C)CCN(C)C. The third kappa shape index (κ3) is 27.8. The van der Waals surface area contributed by atoms with Gasteiger partial charge in [-0.3, -0.25) is 9.59 Å². The third-order valence-electron chi connectivity index (χ3n) is 3.01. The molecule has 0 N–H and O–H groups in total. The average molecular weight is 441 g/mol. The predicted octanol–water partition coefficient (Wildman–Crippen LogP) is 5.59. The minimum Gasteiger partial charge on any atom is -0.465 e. The number of esters is 1. The van der Waals surface area contributed by atoms with E-state index in [1.165, 1.54) is 6.92 Å². The van der Waals surface area contributed by atoms with Gasteiger partial charge >= 0.3 is 5.97 Å². The summed E-state index contributed by atoms with van der Waals surface area (Å²) < 4.78 is 4.92. The van der Waals surface area contributed by atoms with Gasteiger partial charge in [-0.15, -0.1) is 0 Å². The number of rotatable bonds is 11. The van der Waals surface area contributed by atoms with Gasteiger partial charge in [-0.1, -0.05) is 63.1 Å². The van der Waals surface area contributed by atoms with Crippen LogP contribution in [0, 0.1) is 0 Å². The van der Waals surface area contributed by atoms with Crippen molar-refractivity contribution < 1.29 is 14.3 Å². The van der Waals surface area contributed by atoms with Crippen molar-refractivity contribution in [1.29, 1.82) is 0 Å². The van der Waals surface area contributed by atoms with Crippen molar-refractivity contribution in [3.05, 3.63) is 0 Å². The van der Waals surface area contributed by atoms with Crippen LogP contribution in [0.2, 0.25) is 0 Å². The van der Waals surface area contributed by atoms with Crippen LogP contribution in [0.4, 0.5) is 0 Å². The van der Waals surface area contributed by atoms with Crippen molar-refractivity contribution in [2.45, 2.75) is 79.9 Å². The molecule has 0 atom stereocenters. The molecule has 0 aliphatic heterocycles. The number of ether oxygens (including phenoxy) is 1. The quantitative estimate of drug-likeness (QED) is 0.237. The van der Waals surface area contributed by atoms with Gasteiger partial charge < -0.3 is 14.5 Å². The molecule has 0 fully saturated rings.